The Hall–Kier alpha value is -1.96. The molecule has 0 radical (unpaired) electrons. The number of hydrogen-bond donors (Lipinski definition) is 2. The lowest BCUT2D eigenvalue weighted by molar-refractivity contribution is -0.141. The average Bonchev–Trinajstić information content (AvgIpc) is 2.53. The molecule has 2 amide bonds. The van der Waals surface area contributed by atoms with Gasteiger partial charge in [-0.15, -0.1) is 0 Å². The predicted octanol–water partition coefficient (Wildman–Crippen LogP) is 0.802. The van der Waals surface area contributed by atoms with E-state index in [4.69, 9.17) is 9.84 Å². The van der Waals surface area contributed by atoms with E-state index < -0.39 is 12.0 Å². The van der Waals surface area contributed by atoms with Crippen molar-refractivity contribution in [3.63, 3.8) is 0 Å². The van der Waals surface area contributed by atoms with Crippen LogP contribution in [0.3, 0.4) is 0 Å². The summed E-state index contributed by atoms with van der Waals surface area (Å²) < 4.78 is 4.96. The molecule has 1 aliphatic rings. The second kappa shape index (κ2) is 7.16. The molecule has 0 aliphatic carbocycles. The molecular formula is C13H17N3O4S. The number of thioether (sulfide) groups is 1. The molecule has 1 unspecified atom stereocenters. The minimum Gasteiger partial charge on any atom is -0.481 e. The van der Waals surface area contributed by atoms with E-state index in [1.165, 1.54) is 12.0 Å². The average molecular weight is 311 g/mol. The van der Waals surface area contributed by atoms with Gasteiger partial charge in [-0.1, -0.05) is 6.07 Å². The summed E-state index contributed by atoms with van der Waals surface area (Å²) in [6.45, 7) is 0.736. The molecule has 0 bridgehead atoms. The first-order chi connectivity index (χ1) is 10.1. The zero-order valence-corrected chi connectivity index (χ0v) is 12.4. The molecule has 1 aromatic rings. The molecule has 1 atom stereocenters. The first-order valence-corrected chi connectivity index (χ1v) is 7.61. The fourth-order valence-corrected chi connectivity index (χ4v) is 3.01. The summed E-state index contributed by atoms with van der Waals surface area (Å²) in [5.74, 6) is 0.709. The highest BCUT2D eigenvalue weighted by Gasteiger charge is 2.32. The molecule has 7 nitrogen and oxygen atoms in total. The Morgan fingerprint density at radius 2 is 2.38 bits per heavy atom. The Bertz CT molecular complexity index is 509. The number of carboxylic acid groups (broad SMARTS) is 1. The molecule has 2 N–H and O–H groups in total. The second-order valence-electron chi connectivity index (χ2n) is 4.49. The number of nitrogens with one attached hydrogen (secondary N) is 1. The lowest BCUT2D eigenvalue weighted by Gasteiger charge is -2.32. The molecular weight excluding hydrogens is 294 g/mol. The van der Waals surface area contributed by atoms with Crippen LogP contribution in [0.25, 0.3) is 0 Å². The normalized spacial score (nSPS) is 18.1. The summed E-state index contributed by atoms with van der Waals surface area (Å²) >= 11 is 1.54. The number of methoxy groups -OCH3 is 1. The minimum atomic E-state index is -0.969. The molecule has 0 spiro atoms. The van der Waals surface area contributed by atoms with Gasteiger partial charge in [0, 0.05) is 36.9 Å². The Kier molecular flexibility index (Phi) is 5.26. The van der Waals surface area contributed by atoms with Gasteiger partial charge < -0.3 is 20.1 Å². The van der Waals surface area contributed by atoms with Crippen molar-refractivity contribution in [2.24, 2.45) is 0 Å². The lowest BCUT2D eigenvalue weighted by Crippen LogP contribution is -2.53. The number of carboxylic acids is 1. The van der Waals surface area contributed by atoms with E-state index in [2.05, 4.69) is 10.3 Å². The third-order valence-electron chi connectivity index (χ3n) is 3.12. The number of pyridine rings is 1. The van der Waals surface area contributed by atoms with Crippen molar-refractivity contribution < 1.29 is 19.4 Å². The van der Waals surface area contributed by atoms with E-state index in [1.54, 1.807) is 30.1 Å². The van der Waals surface area contributed by atoms with Crippen LogP contribution in [0.2, 0.25) is 0 Å². The van der Waals surface area contributed by atoms with E-state index in [0.717, 1.165) is 11.3 Å². The number of carbonyl (C=O) groups is 2. The molecule has 1 aliphatic heterocycles. The van der Waals surface area contributed by atoms with Crippen LogP contribution in [-0.4, -0.2) is 58.2 Å². The SMILES string of the molecule is COc1ccc(CNC(=O)N2CCSCC2C(=O)O)cn1. The van der Waals surface area contributed by atoms with Gasteiger partial charge in [-0.2, -0.15) is 11.8 Å². The first kappa shape index (κ1) is 15.4. The quantitative estimate of drug-likeness (QED) is 0.854. The van der Waals surface area contributed by atoms with E-state index in [0.29, 0.717) is 24.7 Å². The van der Waals surface area contributed by atoms with Crippen molar-refractivity contribution in [2.45, 2.75) is 12.6 Å². The van der Waals surface area contributed by atoms with Crippen LogP contribution in [0.4, 0.5) is 4.79 Å². The van der Waals surface area contributed by atoms with E-state index in [-0.39, 0.29) is 6.03 Å². The Labute approximate surface area is 126 Å². The smallest absolute Gasteiger partial charge is 0.327 e. The number of rotatable bonds is 4. The third kappa shape index (κ3) is 4.01. The fourth-order valence-electron chi connectivity index (χ4n) is 1.97. The maximum atomic E-state index is 12.1. The van der Waals surface area contributed by atoms with Crippen LogP contribution in [0.1, 0.15) is 5.56 Å². The number of urea groups is 1. The van der Waals surface area contributed by atoms with E-state index >= 15 is 0 Å². The van der Waals surface area contributed by atoms with Crippen molar-refractivity contribution in [2.75, 3.05) is 25.2 Å². The summed E-state index contributed by atoms with van der Waals surface area (Å²) in [6, 6.07) is 2.38. The Morgan fingerprint density at radius 1 is 1.57 bits per heavy atom. The molecule has 2 heterocycles. The topological polar surface area (TPSA) is 91.8 Å². The summed E-state index contributed by atoms with van der Waals surface area (Å²) in [5, 5.41) is 11.9. The highest BCUT2D eigenvalue weighted by Crippen LogP contribution is 2.17. The van der Waals surface area contributed by atoms with Gasteiger partial charge in [0.15, 0.2) is 0 Å². The summed E-state index contributed by atoms with van der Waals surface area (Å²) in [6.07, 6.45) is 1.61. The molecule has 2 rings (SSSR count). The first-order valence-electron chi connectivity index (χ1n) is 6.45. The zero-order chi connectivity index (χ0) is 15.2. The van der Waals surface area contributed by atoms with Crippen molar-refractivity contribution in [1.82, 2.24) is 15.2 Å². The predicted molar refractivity (Wildman–Crippen MR) is 78.5 cm³/mol. The fraction of sp³-hybridized carbons (Fsp3) is 0.462. The molecule has 114 valence electrons. The number of hydrogen-bond acceptors (Lipinski definition) is 5. The summed E-state index contributed by atoms with van der Waals surface area (Å²) in [7, 11) is 1.53. The highest BCUT2D eigenvalue weighted by molar-refractivity contribution is 7.99. The number of aromatic nitrogens is 1. The van der Waals surface area contributed by atoms with Crippen LogP contribution in [0.5, 0.6) is 5.88 Å². The molecule has 8 heteroatoms. The van der Waals surface area contributed by atoms with Gasteiger partial charge in [-0.05, 0) is 5.56 Å². The van der Waals surface area contributed by atoms with Crippen LogP contribution < -0.4 is 10.1 Å². The number of aliphatic carboxylic acids is 1. The van der Waals surface area contributed by atoms with Gasteiger partial charge >= 0.3 is 12.0 Å². The van der Waals surface area contributed by atoms with Gasteiger partial charge in [-0.25, -0.2) is 14.6 Å². The van der Waals surface area contributed by atoms with Crippen molar-refractivity contribution in [3.8, 4) is 5.88 Å². The van der Waals surface area contributed by atoms with Crippen LogP contribution in [-0.2, 0) is 11.3 Å². The Morgan fingerprint density at radius 3 is 3.00 bits per heavy atom. The van der Waals surface area contributed by atoms with E-state index in [9.17, 15) is 9.59 Å². The Balaban J connectivity index is 1.91. The van der Waals surface area contributed by atoms with Crippen molar-refractivity contribution >= 4 is 23.8 Å². The maximum absolute atomic E-state index is 12.1. The van der Waals surface area contributed by atoms with Crippen LogP contribution in [0, 0.1) is 0 Å². The largest absolute Gasteiger partial charge is 0.481 e. The van der Waals surface area contributed by atoms with Crippen molar-refractivity contribution in [3.05, 3.63) is 23.9 Å². The van der Waals surface area contributed by atoms with Gasteiger partial charge in [-0.3, -0.25) is 0 Å². The number of nitrogens with zero attached hydrogens (tertiary/aromatic N) is 2. The standard InChI is InChI=1S/C13H17N3O4S/c1-20-11-3-2-9(6-14-11)7-15-13(19)16-4-5-21-8-10(16)12(17)18/h2-3,6,10H,4-5,7-8H2,1H3,(H,15,19)(H,17,18). The minimum absolute atomic E-state index is 0.297. The number of ether oxygens (including phenoxy) is 1. The molecule has 21 heavy (non-hydrogen) atoms. The molecule has 0 saturated carbocycles. The summed E-state index contributed by atoms with van der Waals surface area (Å²) in [5.41, 5.74) is 0.822. The second-order valence-corrected chi connectivity index (χ2v) is 5.64. The van der Waals surface area contributed by atoms with Crippen LogP contribution >= 0.6 is 11.8 Å². The van der Waals surface area contributed by atoms with Gasteiger partial charge in [0.05, 0.1) is 7.11 Å². The van der Waals surface area contributed by atoms with Crippen molar-refractivity contribution in [1.29, 1.82) is 0 Å². The summed E-state index contributed by atoms with van der Waals surface area (Å²) in [4.78, 5) is 28.7. The number of amides is 2. The lowest BCUT2D eigenvalue weighted by atomic mass is 10.2. The van der Waals surface area contributed by atoms with Gasteiger partial charge in [0.1, 0.15) is 6.04 Å². The van der Waals surface area contributed by atoms with Gasteiger partial charge in [0.25, 0.3) is 0 Å². The van der Waals surface area contributed by atoms with Gasteiger partial charge in [0.2, 0.25) is 5.88 Å². The molecule has 1 fully saturated rings. The number of carbonyl (C=O) groups excluding carboxylic acids is 1. The van der Waals surface area contributed by atoms with Crippen LogP contribution in [0.15, 0.2) is 18.3 Å². The van der Waals surface area contributed by atoms with E-state index in [1.807, 2.05) is 0 Å². The molecule has 1 saturated heterocycles. The zero-order valence-electron chi connectivity index (χ0n) is 11.6. The molecule has 0 aromatic carbocycles. The maximum Gasteiger partial charge on any atom is 0.327 e. The molecule has 1 aromatic heterocycles. The highest BCUT2D eigenvalue weighted by atomic mass is 32.2. The third-order valence-corrected chi connectivity index (χ3v) is 4.15. The monoisotopic (exact) mass is 311 g/mol.